The van der Waals surface area contributed by atoms with Crippen LogP contribution in [0, 0.1) is 0 Å². The van der Waals surface area contributed by atoms with Gasteiger partial charge in [-0.3, -0.25) is 9.59 Å². The second kappa shape index (κ2) is 10.5. The number of hydrogen-bond acceptors (Lipinski definition) is 9. The molecule has 0 bridgehead atoms. The largest absolute Gasteiger partial charge is 0.490 e. The summed E-state index contributed by atoms with van der Waals surface area (Å²) in [5.74, 6) is -0.187. The fraction of sp³-hybridized carbons (Fsp3) is 0.375. The summed E-state index contributed by atoms with van der Waals surface area (Å²) in [6.45, 7) is 3.39. The minimum absolute atomic E-state index is 0.0446. The lowest BCUT2D eigenvalue weighted by Gasteiger charge is -2.15. The van der Waals surface area contributed by atoms with Gasteiger partial charge in [0.25, 0.3) is 11.8 Å². The van der Waals surface area contributed by atoms with E-state index >= 15 is 0 Å². The third kappa shape index (κ3) is 6.09. The molecule has 0 aliphatic rings. The number of amides is 2. The number of nitrogens with zero attached hydrogens (tertiary/aromatic N) is 2. The predicted molar refractivity (Wildman–Crippen MR) is 103 cm³/mol. The van der Waals surface area contributed by atoms with Crippen molar-refractivity contribution in [2.24, 2.45) is 5.73 Å². The van der Waals surface area contributed by atoms with E-state index in [1.54, 1.807) is 6.07 Å². The Bertz CT molecular complexity index is 828. The number of nitrogen functional groups attached to an aromatic ring is 1. The van der Waals surface area contributed by atoms with E-state index in [-0.39, 0.29) is 18.1 Å². The van der Waals surface area contributed by atoms with Crippen LogP contribution in [-0.4, -0.2) is 48.4 Å². The van der Waals surface area contributed by atoms with Crippen molar-refractivity contribution in [1.82, 2.24) is 20.9 Å². The van der Waals surface area contributed by atoms with Crippen LogP contribution in [0.3, 0.4) is 0 Å². The first-order valence-corrected chi connectivity index (χ1v) is 9.15. The molecule has 0 spiro atoms. The molecule has 28 heavy (non-hydrogen) atoms. The van der Waals surface area contributed by atoms with E-state index in [1.165, 1.54) is 0 Å². The molecule has 2 rings (SSSR count). The normalized spacial score (nSPS) is 10.5. The topological polar surface area (TPSA) is 168 Å². The van der Waals surface area contributed by atoms with Crippen molar-refractivity contribution in [2.45, 2.75) is 13.5 Å². The van der Waals surface area contributed by atoms with E-state index in [2.05, 4.69) is 41.5 Å². The molecule has 0 radical (unpaired) electrons. The van der Waals surface area contributed by atoms with Crippen molar-refractivity contribution < 1.29 is 23.7 Å². The molecule has 0 atom stereocenters. The number of carbonyl (C=O) groups is 2. The number of ether oxygens (including phenoxy) is 2. The summed E-state index contributed by atoms with van der Waals surface area (Å²) in [4.78, 5) is 22.8. The molecule has 0 fully saturated rings. The summed E-state index contributed by atoms with van der Waals surface area (Å²) in [6.07, 6.45) is 0. The summed E-state index contributed by atoms with van der Waals surface area (Å²) in [5, 5.41) is 12.6. The molecule has 2 amide bonds. The molecule has 1 aromatic heterocycles. The third-order valence-corrected chi connectivity index (χ3v) is 3.96. The quantitative estimate of drug-likeness (QED) is 0.345. The maximum absolute atomic E-state index is 11.8. The SMILES string of the molecule is CCOc1cc(CNCCNC(=O)c2nonc2N)cc(Br)c1OCC(N)=O. The minimum Gasteiger partial charge on any atom is -0.490 e. The molecule has 152 valence electrons. The molecule has 2 aromatic rings. The molecule has 0 unspecified atom stereocenters. The molecule has 6 N–H and O–H groups in total. The van der Waals surface area contributed by atoms with Gasteiger partial charge in [-0.25, -0.2) is 4.63 Å². The Hall–Kier alpha value is -2.86. The zero-order valence-corrected chi connectivity index (χ0v) is 16.7. The maximum Gasteiger partial charge on any atom is 0.277 e. The highest BCUT2D eigenvalue weighted by molar-refractivity contribution is 9.10. The lowest BCUT2D eigenvalue weighted by molar-refractivity contribution is -0.119. The zero-order valence-electron chi connectivity index (χ0n) is 15.2. The Balaban J connectivity index is 1.87. The summed E-state index contributed by atoms with van der Waals surface area (Å²) < 4.78 is 16.0. The standard InChI is InChI=1S/C16H21BrN6O5/c1-2-26-11-6-9(5-10(17)14(11)27-8-12(18)24)7-20-3-4-21-16(25)13-15(19)23-28-22-13/h5-6,20H,2-4,7-8H2,1H3,(H2,18,24)(H2,19,23)(H,21,25). The van der Waals surface area contributed by atoms with Crippen LogP contribution in [0.2, 0.25) is 0 Å². The molecule has 0 saturated carbocycles. The molecule has 1 aromatic carbocycles. The number of nitrogens with two attached hydrogens (primary N) is 2. The van der Waals surface area contributed by atoms with Crippen LogP contribution in [0.4, 0.5) is 5.82 Å². The van der Waals surface area contributed by atoms with Gasteiger partial charge < -0.3 is 31.6 Å². The van der Waals surface area contributed by atoms with Crippen LogP contribution >= 0.6 is 15.9 Å². The van der Waals surface area contributed by atoms with E-state index in [0.717, 1.165) is 5.56 Å². The number of rotatable bonds is 11. The smallest absolute Gasteiger partial charge is 0.277 e. The van der Waals surface area contributed by atoms with Gasteiger partial charge >= 0.3 is 0 Å². The van der Waals surface area contributed by atoms with Crippen molar-refractivity contribution in [3.8, 4) is 11.5 Å². The average Bonchev–Trinajstić information content (AvgIpc) is 3.06. The van der Waals surface area contributed by atoms with Gasteiger partial charge in [-0.05, 0) is 50.9 Å². The summed E-state index contributed by atoms with van der Waals surface area (Å²) in [5.41, 5.74) is 11.4. The molecule has 0 saturated heterocycles. The van der Waals surface area contributed by atoms with Gasteiger partial charge in [-0.2, -0.15) is 0 Å². The van der Waals surface area contributed by atoms with Crippen molar-refractivity contribution in [3.05, 3.63) is 27.9 Å². The maximum atomic E-state index is 11.8. The van der Waals surface area contributed by atoms with E-state index in [0.29, 0.717) is 42.2 Å². The number of anilines is 1. The van der Waals surface area contributed by atoms with Crippen LogP contribution in [0.15, 0.2) is 21.2 Å². The van der Waals surface area contributed by atoms with Crippen molar-refractivity contribution in [3.63, 3.8) is 0 Å². The van der Waals surface area contributed by atoms with Gasteiger partial charge in [0.05, 0.1) is 11.1 Å². The van der Waals surface area contributed by atoms with Crippen LogP contribution in [0.5, 0.6) is 11.5 Å². The average molecular weight is 457 g/mol. The molecule has 1 heterocycles. The van der Waals surface area contributed by atoms with Gasteiger partial charge in [-0.15, -0.1) is 0 Å². The summed E-state index contributed by atoms with van der Waals surface area (Å²) in [7, 11) is 0. The highest BCUT2D eigenvalue weighted by atomic mass is 79.9. The van der Waals surface area contributed by atoms with E-state index < -0.39 is 11.8 Å². The van der Waals surface area contributed by atoms with Gasteiger partial charge in [0.2, 0.25) is 11.5 Å². The number of nitrogens with one attached hydrogen (secondary N) is 2. The Labute approximate surface area is 169 Å². The van der Waals surface area contributed by atoms with Gasteiger partial charge in [0.1, 0.15) is 0 Å². The van der Waals surface area contributed by atoms with Crippen LogP contribution in [-0.2, 0) is 11.3 Å². The highest BCUT2D eigenvalue weighted by Crippen LogP contribution is 2.36. The lowest BCUT2D eigenvalue weighted by atomic mass is 10.2. The van der Waals surface area contributed by atoms with Crippen molar-refractivity contribution >= 4 is 33.6 Å². The molecule has 11 nitrogen and oxygen atoms in total. The third-order valence-electron chi connectivity index (χ3n) is 3.37. The molecule has 0 aliphatic carbocycles. The number of benzene rings is 1. The van der Waals surface area contributed by atoms with Crippen LogP contribution < -0.4 is 31.6 Å². The first kappa shape index (κ1) is 21.4. The first-order chi connectivity index (χ1) is 13.4. The first-order valence-electron chi connectivity index (χ1n) is 8.35. The number of aromatic nitrogens is 2. The second-order valence-corrected chi connectivity index (χ2v) is 6.38. The van der Waals surface area contributed by atoms with Crippen LogP contribution in [0.1, 0.15) is 23.0 Å². The molecule has 12 heteroatoms. The van der Waals surface area contributed by atoms with E-state index in [1.807, 2.05) is 13.0 Å². The molecular formula is C16H21BrN6O5. The Morgan fingerprint density at radius 3 is 2.68 bits per heavy atom. The number of primary amides is 1. The lowest BCUT2D eigenvalue weighted by Crippen LogP contribution is -2.32. The molecular weight excluding hydrogens is 436 g/mol. The highest BCUT2D eigenvalue weighted by Gasteiger charge is 2.15. The predicted octanol–water partition coefficient (Wildman–Crippen LogP) is 0.197. The van der Waals surface area contributed by atoms with Crippen molar-refractivity contribution in [1.29, 1.82) is 0 Å². The van der Waals surface area contributed by atoms with Gasteiger partial charge in [-0.1, -0.05) is 0 Å². The molecule has 0 aliphatic heterocycles. The van der Waals surface area contributed by atoms with Gasteiger partial charge in [0, 0.05) is 19.6 Å². The number of hydrogen-bond donors (Lipinski definition) is 4. The van der Waals surface area contributed by atoms with Crippen LogP contribution in [0.25, 0.3) is 0 Å². The van der Waals surface area contributed by atoms with Crippen molar-refractivity contribution in [2.75, 3.05) is 32.0 Å². The van der Waals surface area contributed by atoms with E-state index in [4.69, 9.17) is 20.9 Å². The zero-order chi connectivity index (χ0) is 20.5. The fourth-order valence-corrected chi connectivity index (χ4v) is 2.81. The Kier molecular flexibility index (Phi) is 8.02. The fourth-order valence-electron chi connectivity index (χ4n) is 2.20. The number of halogens is 1. The number of carbonyl (C=O) groups excluding carboxylic acids is 2. The monoisotopic (exact) mass is 456 g/mol. The summed E-state index contributed by atoms with van der Waals surface area (Å²) >= 11 is 3.41. The van der Waals surface area contributed by atoms with E-state index in [9.17, 15) is 9.59 Å². The summed E-state index contributed by atoms with van der Waals surface area (Å²) in [6, 6.07) is 3.64. The minimum atomic E-state index is -0.578. The Morgan fingerprint density at radius 1 is 1.25 bits per heavy atom. The Morgan fingerprint density at radius 2 is 2.04 bits per heavy atom. The second-order valence-electron chi connectivity index (χ2n) is 5.52. The van der Waals surface area contributed by atoms with Gasteiger partial charge in [0.15, 0.2) is 18.1 Å².